The summed E-state index contributed by atoms with van der Waals surface area (Å²) in [6.45, 7) is 0.278. The summed E-state index contributed by atoms with van der Waals surface area (Å²) in [5, 5.41) is 0.378. The zero-order chi connectivity index (χ0) is 22.7. The molecule has 1 heterocycles. The Labute approximate surface area is 198 Å². The average molecular weight is 488 g/mol. The topological polar surface area (TPSA) is 46.6 Å². The highest BCUT2D eigenvalue weighted by Gasteiger charge is 2.35. The van der Waals surface area contributed by atoms with Gasteiger partial charge in [0, 0.05) is 15.6 Å². The van der Waals surface area contributed by atoms with Crippen molar-refractivity contribution in [2.45, 2.75) is 13.2 Å². The van der Waals surface area contributed by atoms with E-state index in [0.717, 1.165) is 28.3 Å². The summed E-state index contributed by atoms with van der Waals surface area (Å²) in [5.41, 5.74) is 2.07. The summed E-state index contributed by atoms with van der Waals surface area (Å²) in [4.78, 5) is 26.6. The maximum Gasteiger partial charge on any atom is 0.293 e. The molecule has 1 aliphatic rings. The van der Waals surface area contributed by atoms with Crippen molar-refractivity contribution in [3.05, 3.63) is 104 Å². The van der Waals surface area contributed by atoms with E-state index in [1.54, 1.807) is 30.3 Å². The van der Waals surface area contributed by atoms with E-state index in [2.05, 4.69) is 0 Å². The number of carbonyl (C=O) groups excluding carboxylic acids is 2. The number of benzene rings is 3. The number of hydrogen-bond acceptors (Lipinski definition) is 4. The van der Waals surface area contributed by atoms with Crippen LogP contribution in [0, 0.1) is 5.82 Å². The molecule has 2 amide bonds. The van der Waals surface area contributed by atoms with Crippen molar-refractivity contribution in [3.8, 4) is 5.75 Å². The molecule has 1 aliphatic heterocycles. The number of rotatable bonds is 6. The molecule has 1 fully saturated rings. The van der Waals surface area contributed by atoms with Crippen LogP contribution < -0.4 is 4.74 Å². The first-order valence-corrected chi connectivity index (χ1v) is 11.1. The maximum absolute atomic E-state index is 13.3. The van der Waals surface area contributed by atoms with Crippen molar-refractivity contribution < 1.29 is 18.7 Å². The normalized spacial score (nSPS) is 15.0. The van der Waals surface area contributed by atoms with Gasteiger partial charge in [0.15, 0.2) is 0 Å². The third-order valence-corrected chi connectivity index (χ3v) is 6.35. The van der Waals surface area contributed by atoms with E-state index in [9.17, 15) is 14.0 Å². The Morgan fingerprint density at radius 3 is 2.53 bits per heavy atom. The smallest absolute Gasteiger partial charge is 0.293 e. The van der Waals surface area contributed by atoms with Gasteiger partial charge in [-0.3, -0.25) is 14.5 Å². The van der Waals surface area contributed by atoms with Gasteiger partial charge in [-0.1, -0.05) is 59.6 Å². The molecular weight excluding hydrogens is 472 g/mol. The Hall–Kier alpha value is -2.80. The molecule has 3 aromatic rings. The molecule has 0 radical (unpaired) electrons. The van der Waals surface area contributed by atoms with E-state index in [4.69, 9.17) is 27.9 Å². The first kappa shape index (κ1) is 22.4. The second-order valence-corrected chi connectivity index (χ2v) is 8.76. The van der Waals surface area contributed by atoms with E-state index in [1.807, 2.05) is 24.3 Å². The molecule has 0 bridgehead atoms. The molecule has 0 aliphatic carbocycles. The molecule has 4 nitrogen and oxygen atoms in total. The molecule has 0 spiro atoms. The minimum atomic E-state index is -0.482. The zero-order valence-corrected chi connectivity index (χ0v) is 18.9. The highest BCUT2D eigenvalue weighted by molar-refractivity contribution is 8.18. The number of thioether (sulfide) groups is 1. The van der Waals surface area contributed by atoms with E-state index in [0.29, 0.717) is 28.5 Å². The van der Waals surface area contributed by atoms with Gasteiger partial charge in [-0.05, 0) is 59.3 Å². The fraction of sp³-hybridized carbons (Fsp3) is 0.0833. The molecule has 32 heavy (non-hydrogen) atoms. The summed E-state index contributed by atoms with van der Waals surface area (Å²) in [6.07, 6.45) is 1.64. The van der Waals surface area contributed by atoms with Crippen LogP contribution in [0.4, 0.5) is 9.18 Å². The Balaban J connectivity index is 1.48. The molecule has 1 saturated heterocycles. The van der Waals surface area contributed by atoms with Crippen molar-refractivity contribution in [1.29, 1.82) is 0 Å². The molecule has 4 rings (SSSR count). The summed E-state index contributed by atoms with van der Waals surface area (Å²) in [6, 6.07) is 18.5. The van der Waals surface area contributed by atoms with Crippen LogP contribution in [-0.2, 0) is 17.9 Å². The lowest BCUT2D eigenvalue weighted by Gasteiger charge is -2.13. The predicted octanol–water partition coefficient (Wildman–Crippen LogP) is 6.95. The van der Waals surface area contributed by atoms with Gasteiger partial charge in [-0.25, -0.2) is 4.39 Å². The fourth-order valence-electron chi connectivity index (χ4n) is 3.08. The Kier molecular flexibility index (Phi) is 6.84. The van der Waals surface area contributed by atoms with Crippen LogP contribution in [0.1, 0.15) is 16.7 Å². The van der Waals surface area contributed by atoms with Crippen molar-refractivity contribution in [1.82, 2.24) is 4.90 Å². The van der Waals surface area contributed by atoms with Gasteiger partial charge in [0.1, 0.15) is 18.2 Å². The second kappa shape index (κ2) is 9.77. The van der Waals surface area contributed by atoms with Gasteiger partial charge in [0.05, 0.1) is 11.4 Å². The van der Waals surface area contributed by atoms with E-state index in [-0.39, 0.29) is 16.5 Å². The quantitative estimate of drug-likeness (QED) is 0.353. The number of nitrogens with zero attached hydrogens (tertiary/aromatic N) is 1. The lowest BCUT2D eigenvalue weighted by Crippen LogP contribution is -2.27. The van der Waals surface area contributed by atoms with Gasteiger partial charge in [-0.15, -0.1) is 0 Å². The third-order valence-electron chi connectivity index (χ3n) is 4.73. The lowest BCUT2D eigenvalue weighted by atomic mass is 10.2. The van der Waals surface area contributed by atoms with Crippen LogP contribution in [0.3, 0.4) is 0 Å². The lowest BCUT2D eigenvalue weighted by molar-refractivity contribution is -0.123. The SMILES string of the molecule is O=C1S/C(=C\c2cccc(OCc3ccccc3Cl)c2)C(=O)N1Cc1ccc(F)cc1Cl. The van der Waals surface area contributed by atoms with Gasteiger partial charge < -0.3 is 4.74 Å². The Morgan fingerprint density at radius 2 is 1.75 bits per heavy atom. The number of carbonyl (C=O) groups is 2. The molecule has 3 aromatic carbocycles. The summed E-state index contributed by atoms with van der Waals surface area (Å²) in [5.74, 6) is -0.303. The molecule has 162 valence electrons. The number of ether oxygens (including phenoxy) is 1. The third kappa shape index (κ3) is 5.15. The van der Waals surface area contributed by atoms with Gasteiger partial charge in [0.2, 0.25) is 0 Å². The minimum absolute atomic E-state index is 0.0257. The fourth-order valence-corrected chi connectivity index (χ4v) is 4.33. The Morgan fingerprint density at radius 1 is 0.938 bits per heavy atom. The molecule has 0 atom stereocenters. The first-order chi connectivity index (χ1) is 15.4. The molecular formula is C24H16Cl2FNO3S. The van der Waals surface area contributed by atoms with Crippen LogP contribution in [-0.4, -0.2) is 16.0 Å². The second-order valence-electron chi connectivity index (χ2n) is 6.96. The molecule has 0 aromatic heterocycles. The highest BCUT2D eigenvalue weighted by atomic mass is 35.5. The van der Waals surface area contributed by atoms with E-state index in [1.165, 1.54) is 12.1 Å². The van der Waals surface area contributed by atoms with Crippen molar-refractivity contribution in [2.75, 3.05) is 0 Å². The largest absolute Gasteiger partial charge is 0.489 e. The van der Waals surface area contributed by atoms with Crippen LogP contribution in [0.15, 0.2) is 71.6 Å². The van der Waals surface area contributed by atoms with Crippen molar-refractivity contribution in [2.24, 2.45) is 0 Å². The van der Waals surface area contributed by atoms with Crippen LogP contribution in [0.25, 0.3) is 6.08 Å². The number of imide groups is 1. The molecule has 0 N–H and O–H groups in total. The summed E-state index contributed by atoms with van der Waals surface area (Å²) >= 11 is 13.0. The molecule has 0 saturated carbocycles. The van der Waals surface area contributed by atoms with E-state index < -0.39 is 17.0 Å². The zero-order valence-electron chi connectivity index (χ0n) is 16.6. The monoisotopic (exact) mass is 487 g/mol. The predicted molar refractivity (Wildman–Crippen MR) is 125 cm³/mol. The summed E-state index contributed by atoms with van der Waals surface area (Å²) < 4.78 is 19.1. The van der Waals surface area contributed by atoms with E-state index >= 15 is 0 Å². The maximum atomic E-state index is 13.3. The van der Waals surface area contributed by atoms with Crippen LogP contribution >= 0.6 is 35.0 Å². The number of halogens is 3. The average Bonchev–Trinajstić information content (AvgIpc) is 3.02. The standard InChI is InChI=1S/C24H16Cl2FNO3S/c25-20-7-2-1-5-17(20)14-31-19-6-3-4-15(10-19)11-22-23(29)28(24(30)32-22)13-16-8-9-18(27)12-21(16)26/h1-12H,13-14H2/b22-11-. The first-order valence-electron chi connectivity index (χ1n) is 9.56. The van der Waals surface area contributed by atoms with Gasteiger partial charge in [0.25, 0.3) is 11.1 Å². The number of amides is 2. The minimum Gasteiger partial charge on any atom is -0.489 e. The highest BCUT2D eigenvalue weighted by Crippen LogP contribution is 2.34. The summed E-state index contributed by atoms with van der Waals surface area (Å²) in [7, 11) is 0. The van der Waals surface area contributed by atoms with Crippen molar-refractivity contribution >= 4 is 52.2 Å². The van der Waals surface area contributed by atoms with Gasteiger partial charge >= 0.3 is 0 Å². The molecule has 8 heteroatoms. The van der Waals surface area contributed by atoms with Crippen molar-refractivity contribution in [3.63, 3.8) is 0 Å². The Bertz CT molecular complexity index is 1230. The molecule has 0 unspecified atom stereocenters. The van der Waals surface area contributed by atoms with Crippen LogP contribution in [0.5, 0.6) is 5.75 Å². The number of hydrogen-bond donors (Lipinski definition) is 0. The van der Waals surface area contributed by atoms with Gasteiger partial charge in [-0.2, -0.15) is 0 Å². The van der Waals surface area contributed by atoms with Crippen LogP contribution in [0.2, 0.25) is 10.0 Å².